The van der Waals surface area contributed by atoms with E-state index in [4.69, 9.17) is 25.8 Å². The Kier molecular flexibility index (Phi) is 10.8. The first-order valence-corrected chi connectivity index (χ1v) is 12.6. The zero-order chi connectivity index (χ0) is 23.4. The number of benzene rings is 2. The summed E-state index contributed by atoms with van der Waals surface area (Å²) in [4.78, 5) is 12.2. The Morgan fingerprint density at radius 1 is 1.03 bits per heavy atom. The van der Waals surface area contributed by atoms with Gasteiger partial charge in [-0.1, -0.05) is 37.4 Å². The molecule has 0 spiro atoms. The maximum Gasteiger partial charge on any atom is 0.234 e. The van der Waals surface area contributed by atoms with E-state index in [1.807, 2.05) is 6.92 Å². The van der Waals surface area contributed by atoms with Crippen molar-refractivity contribution in [2.24, 2.45) is 0 Å². The van der Waals surface area contributed by atoms with Crippen LogP contribution in [0.2, 0.25) is 5.02 Å². The highest BCUT2D eigenvalue weighted by molar-refractivity contribution is 7.90. The number of amides is 1. The van der Waals surface area contributed by atoms with Gasteiger partial charge in [0.1, 0.15) is 23.9 Å². The maximum absolute atomic E-state index is 12.2. The van der Waals surface area contributed by atoms with Crippen LogP contribution in [0.25, 0.3) is 0 Å². The van der Waals surface area contributed by atoms with Crippen LogP contribution in [0.1, 0.15) is 38.2 Å². The zero-order valence-electron chi connectivity index (χ0n) is 18.4. The molecule has 2 aromatic rings. The first kappa shape index (κ1) is 26.0. The van der Waals surface area contributed by atoms with Crippen molar-refractivity contribution in [1.82, 2.24) is 4.72 Å². The van der Waals surface area contributed by atoms with Crippen molar-refractivity contribution in [2.45, 2.75) is 39.0 Å². The molecular weight excluding hydrogens is 454 g/mol. The first-order chi connectivity index (χ1) is 15.3. The second-order valence-corrected chi connectivity index (χ2v) is 9.50. The number of nitrogens with one attached hydrogen (secondary N) is 1. The average Bonchev–Trinajstić information content (AvgIpc) is 2.75. The molecule has 32 heavy (non-hydrogen) atoms. The normalized spacial score (nSPS) is 11.2. The van der Waals surface area contributed by atoms with Crippen molar-refractivity contribution < 1.29 is 27.4 Å². The summed E-state index contributed by atoms with van der Waals surface area (Å²) in [5.41, 5.74) is 0.748. The van der Waals surface area contributed by atoms with Crippen molar-refractivity contribution in [1.29, 1.82) is 0 Å². The van der Waals surface area contributed by atoms with Crippen LogP contribution in [-0.4, -0.2) is 40.4 Å². The third-order valence-corrected chi connectivity index (χ3v) is 6.16. The van der Waals surface area contributed by atoms with E-state index in [1.165, 1.54) is 0 Å². The highest BCUT2D eigenvalue weighted by Crippen LogP contribution is 2.31. The Morgan fingerprint density at radius 3 is 2.44 bits per heavy atom. The number of hydrogen-bond donors (Lipinski definition) is 1. The van der Waals surface area contributed by atoms with E-state index in [1.54, 1.807) is 49.6 Å². The molecule has 2 aromatic carbocycles. The van der Waals surface area contributed by atoms with Crippen LogP contribution in [0, 0.1) is 0 Å². The largest absolute Gasteiger partial charge is 0.491 e. The number of methoxy groups -OCH3 is 1. The van der Waals surface area contributed by atoms with Gasteiger partial charge < -0.3 is 14.2 Å². The first-order valence-electron chi connectivity index (χ1n) is 10.5. The molecule has 0 bridgehead atoms. The molecule has 7 nitrogen and oxygen atoms in total. The molecule has 0 aliphatic heterocycles. The zero-order valence-corrected chi connectivity index (χ0v) is 20.0. The number of sulfonamides is 1. The van der Waals surface area contributed by atoms with Crippen molar-refractivity contribution in [3.8, 4) is 17.2 Å². The summed E-state index contributed by atoms with van der Waals surface area (Å²) >= 11 is 5.94. The van der Waals surface area contributed by atoms with E-state index in [2.05, 4.69) is 4.72 Å². The molecule has 2 rings (SSSR count). The van der Waals surface area contributed by atoms with E-state index in [-0.39, 0.29) is 12.2 Å². The maximum atomic E-state index is 12.2. The molecule has 0 radical (unpaired) electrons. The monoisotopic (exact) mass is 483 g/mol. The van der Waals surface area contributed by atoms with Gasteiger partial charge in [-0.2, -0.15) is 0 Å². The lowest BCUT2D eigenvalue weighted by molar-refractivity contribution is -0.119. The van der Waals surface area contributed by atoms with Crippen LogP contribution in [-0.2, 0) is 26.0 Å². The van der Waals surface area contributed by atoms with Crippen LogP contribution in [0.15, 0.2) is 42.5 Å². The van der Waals surface area contributed by atoms with Crippen molar-refractivity contribution in [3.63, 3.8) is 0 Å². The van der Waals surface area contributed by atoms with Gasteiger partial charge in [-0.15, -0.1) is 0 Å². The van der Waals surface area contributed by atoms with E-state index in [9.17, 15) is 13.2 Å². The smallest absolute Gasteiger partial charge is 0.234 e. The summed E-state index contributed by atoms with van der Waals surface area (Å²) in [5.74, 6) is 1.09. The number of hydrogen-bond acceptors (Lipinski definition) is 6. The minimum absolute atomic E-state index is 0.00780. The predicted molar refractivity (Wildman–Crippen MR) is 125 cm³/mol. The molecular formula is C23H30ClNO6S. The Hall–Kier alpha value is -2.29. The molecule has 0 saturated carbocycles. The molecule has 176 valence electrons. The Morgan fingerprint density at radius 2 is 1.75 bits per heavy atom. The molecule has 0 heterocycles. The molecule has 0 saturated heterocycles. The molecule has 9 heteroatoms. The number of rotatable bonds is 14. The summed E-state index contributed by atoms with van der Waals surface area (Å²) in [5, 5.41) is 0.589. The van der Waals surface area contributed by atoms with Gasteiger partial charge in [-0.3, -0.25) is 9.52 Å². The number of carbonyl (C=O) groups is 1. The van der Waals surface area contributed by atoms with Gasteiger partial charge in [0, 0.05) is 24.6 Å². The van der Waals surface area contributed by atoms with Gasteiger partial charge in [-0.05, 0) is 48.7 Å². The second-order valence-electron chi connectivity index (χ2n) is 7.22. The SMILES string of the molecule is CCCCCS(=O)(=O)NC(=O)CCc1ccc(OCCOC)cc1Oc1ccc(Cl)cc1. The van der Waals surface area contributed by atoms with Crippen molar-refractivity contribution >= 4 is 27.5 Å². The molecule has 0 aromatic heterocycles. The lowest BCUT2D eigenvalue weighted by Gasteiger charge is -2.14. The third-order valence-electron chi connectivity index (χ3n) is 4.54. The fraction of sp³-hybridized carbons (Fsp3) is 0.435. The fourth-order valence-corrected chi connectivity index (χ4v) is 4.13. The van der Waals surface area contributed by atoms with Gasteiger partial charge >= 0.3 is 0 Å². The molecule has 0 unspecified atom stereocenters. The Balaban J connectivity index is 2.07. The third kappa shape index (κ3) is 9.46. The Bertz CT molecular complexity index is 963. The highest BCUT2D eigenvalue weighted by Gasteiger charge is 2.16. The lowest BCUT2D eigenvalue weighted by Crippen LogP contribution is -2.32. The van der Waals surface area contributed by atoms with Gasteiger partial charge in [0.05, 0.1) is 12.4 Å². The highest BCUT2D eigenvalue weighted by atomic mass is 35.5. The van der Waals surface area contributed by atoms with Crippen LogP contribution in [0.3, 0.4) is 0 Å². The van der Waals surface area contributed by atoms with E-state index >= 15 is 0 Å². The number of halogens is 1. The number of ether oxygens (including phenoxy) is 3. The van der Waals surface area contributed by atoms with Gasteiger partial charge in [0.25, 0.3) is 0 Å². The van der Waals surface area contributed by atoms with Crippen molar-refractivity contribution in [3.05, 3.63) is 53.1 Å². The minimum Gasteiger partial charge on any atom is -0.491 e. The van der Waals surface area contributed by atoms with Gasteiger partial charge in [0.2, 0.25) is 15.9 Å². The quantitative estimate of drug-likeness (QED) is 0.391. The van der Waals surface area contributed by atoms with Crippen molar-refractivity contribution in [2.75, 3.05) is 26.1 Å². The predicted octanol–water partition coefficient (Wildman–Crippen LogP) is 4.73. The molecule has 1 N–H and O–H groups in total. The van der Waals surface area contributed by atoms with E-state index in [0.717, 1.165) is 18.4 Å². The Labute approximate surface area is 195 Å². The summed E-state index contributed by atoms with van der Waals surface area (Å²) in [6, 6.07) is 12.2. The average molecular weight is 484 g/mol. The topological polar surface area (TPSA) is 90.9 Å². The minimum atomic E-state index is -3.61. The van der Waals surface area contributed by atoms with Crippen LogP contribution in [0.5, 0.6) is 17.2 Å². The number of unbranched alkanes of at least 4 members (excludes halogenated alkanes) is 2. The summed E-state index contributed by atoms with van der Waals surface area (Å²) in [7, 11) is -2.02. The number of carbonyl (C=O) groups excluding carboxylic acids is 1. The lowest BCUT2D eigenvalue weighted by atomic mass is 10.1. The van der Waals surface area contributed by atoms with E-state index < -0.39 is 15.9 Å². The molecule has 0 aliphatic carbocycles. The fourth-order valence-electron chi connectivity index (χ4n) is 2.86. The number of aryl methyl sites for hydroxylation is 1. The molecule has 0 atom stereocenters. The van der Waals surface area contributed by atoms with Crippen LogP contribution >= 0.6 is 11.6 Å². The van der Waals surface area contributed by atoms with Gasteiger partial charge in [0.15, 0.2) is 0 Å². The second kappa shape index (κ2) is 13.3. The summed E-state index contributed by atoms with van der Waals surface area (Å²) < 4.78 is 42.9. The summed E-state index contributed by atoms with van der Waals surface area (Å²) in [6.07, 6.45) is 2.55. The molecule has 1 amide bonds. The van der Waals surface area contributed by atoms with Crippen LogP contribution in [0.4, 0.5) is 0 Å². The van der Waals surface area contributed by atoms with Crippen LogP contribution < -0.4 is 14.2 Å². The van der Waals surface area contributed by atoms with Gasteiger partial charge in [-0.25, -0.2) is 8.42 Å². The standard InChI is InChI=1S/C23H30ClNO6S/c1-3-4-5-16-32(27,28)25-23(26)13-7-18-6-10-21(30-15-14-29-2)17-22(18)31-20-11-8-19(24)9-12-20/h6,8-12,17H,3-5,7,13-16H2,1-2H3,(H,25,26). The summed E-state index contributed by atoms with van der Waals surface area (Å²) in [6.45, 7) is 2.82. The molecule has 0 aliphatic rings. The van der Waals surface area contributed by atoms with E-state index in [0.29, 0.717) is 48.3 Å². The molecule has 0 fully saturated rings.